The van der Waals surface area contributed by atoms with Crippen LogP contribution in [0.5, 0.6) is 11.6 Å². The van der Waals surface area contributed by atoms with Crippen molar-refractivity contribution >= 4 is 39.9 Å². The molecule has 0 saturated carbocycles. The van der Waals surface area contributed by atoms with Crippen molar-refractivity contribution in [2.75, 3.05) is 30.3 Å². The summed E-state index contributed by atoms with van der Waals surface area (Å²) in [6.45, 7) is 16.3. The van der Waals surface area contributed by atoms with E-state index in [1.165, 1.54) is 25.8 Å². The van der Waals surface area contributed by atoms with Crippen molar-refractivity contribution in [1.29, 1.82) is 0 Å². The van der Waals surface area contributed by atoms with E-state index < -0.39 is 0 Å². The standard InChI is InChI=1S/C28H25ClN6O2.C6H15N.2CH4/c1-17(2)23-16-25(35(34-23)19-10-8-18(3)9-11-19)32-28(36)31-22-12-13-24(21-7-5-4-6-20(21)22)37-26-14-15-30-27(29)33-26;1-4-7(5-2)6-3;;/h4-17H,1-3H3,(H2,31,32,36);4-6H2,1-3H3;2*1H4. The van der Waals surface area contributed by atoms with Crippen LogP contribution >= 0.6 is 11.6 Å². The number of hydrogen-bond acceptors (Lipinski definition) is 6. The number of fused-ring (bicyclic) bond motifs is 1. The Morgan fingerprint density at radius 2 is 1.57 bits per heavy atom. The minimum Gasteiger partial charge on any atom is -0.438 e. The van der Waals surface area contributed by atoms with Gasteiger partial charge in [0, 0.05) is 29.1 Å². The maximum absolute atomic E-state index is 13.1. The summed E-state index contributed by atoms with van der Waals surface area (Å²) in [6.07, 6.45) is 1.53. The van der Waals surface area contributed by atoms with Crippen LogP contribution in [0, 0.1) is 6.92 Å². The topological polar surface area (TPSA) is 97.2 Å². The first-order chi connectivity index (χ1) is 21.2. The number of urea groups is 1. The summed E-state index contributed by atoms with van der Waals surface area (Å²) < 4.78 is 7.70. The lowest BCUT2D eigenvalue weighted by molar-refractivity contribution is 0.262. The SMILES string of the molecule is C.C.CCN(CC)CC.Cc1ccc(-n2nc(C(C)C)cc2NC(=O)Nc2ccc(Oc3ccnc(Cl)n3)c3ccccc23)cc1. The molecule has 0 radical (unpaired) electrons. The van der Waals surface area contributed by atoms with Gasteiger partial charge in [-0.2, -0.15) is 10.1 Å². The lowest BCUT2D eigenvalue weighted by Crippen LogP contribution is -2.21. The summed E-state index contributed by atoms with van der Waals surface area (Å²) in [5, 5.41) is 12.4. The van der Waals surface area contributed by atoms with E-state index in [0.717, 1.165) is 27.7 Å². The summed E-state index contributed by atoms with van der Waals surface area (Å²) in [5.41, 5.74) is 3.53. The highest BCUT2D eigenvalue weighted by atomic mass is 35.5. The summed E-state index contributed by atoms with van der Waals surface area (Å²) in [5.74, 6) is 1.69. The van der Waals surface area contributed by atoms with Crippen LogP contribution in [0.15, 0.2) is 79.0 Å². The number of carbonyl (C=O) groups excluding carboxylic acids is 1. The molecule has 246 valence electrons. The fraction of sp³-hybridized carbons (Fsp3) is 0.333. The van der Waals surface area contributed by atoms with Gasteiger partial charge >= 0.3 is 6.03 Å². The molecular weight excluding hydrogens is 598 g/mol. The van der Waals surface area contributed by atoms with Gasteiger partial charge in [0.15, 0.2) is 0 Å². The first-order valence-electron chi connectivity index (χ1n) is 14.9. The van der Waals surface area contributed by atoms with Gasteiger partial charge in [-0.1, -0.05) is 91.4 Å². The zero-order valence-corrected chi connectivity index (χ0v) is 26.9. The lowest BCUT2D eigenvalue weighted by Gasteiger charge is -2.14. The van der Waals surface area contributed by atoms with Gasteiger partial charge in [-0.05, 0) is 68.3 Å². The molecule has 0 spiro atoms. The number of halogens is 1. The Labute approximate surface area is 279 Å². The zero-order valence-electron chi connectivity index (χ0n) is 26.1. The quantitative estimate of drug-likeness (QED) is 0.155. The molecule has 0 unspecified atom stereocenters. The van der Waals surface area contributed by atoms with Gasteiger partial charge in [-0.25, -0.2) is 14.5 Å². The zero-order chi connectivity index (χ0) is 31.6. The molecule has 2 N–H and O–H groups in total. The second kappa shape index (κ2) is 17.9. The molecule has 46 heavy (non-hydrogen) atoms. The minimum absolute atomic E-state index is 0. The first-order valence-corrected chi connectivity index (χ1v) is 15.3. The molecule has 0 aliphatic rings. The molecule has 2 heterocycles. The van der Waals surface area contributed by atoms with Crippen LogP contribution in [0.1, 0.15) is 66.6 Å². The Bertz CT molecular complexity index is 1680. The summed E-state index contributed by atoms with van der Waals surface area (Å²) in [4.78, 5) is 23.5. The molecule has 0 bridgehead atoms. The number of nitrogens with zero attached hydrogens (tertiary/aromatic N) is 5. The van der Waals surface area contributed by atoms with E-state index >= 15 is 0 Å². The van der Waals surface area contributed by atoms with E-state index in [1.807, 2.05) is 61.5 Å². The van der Waals surface area contributed by atoms with Crippen LogP contribution in [-0.2, 0) is 0 Å². The normalized spacial score (nSPS) is 10.5. The molecule has 0 saturated heterocycles. The van der Waals surface area contributed by atoms with E-state index in [0.29, 0.717) is 23.1 Å². The number of anilines is 2. The Hall–Kier alpha value is -4.47. The number of benzene rings is 3. The minimum atomic E-state index is -0.384. The Balaban J connectivity index is 0.000000738. The third kappa shape index (κ3) is 9.76. The maximum Gasteiger partial charge on any atom is 0.324 e. The first kappa shape index (κ1) is 37.7. The van der Waals surface area contributed by atoms with Crippen LogP contribution in [0.3, 0.4) is 0 Å². The molecule has 3 aromatic carbocycles. The van der Waals surface area contributed by atoms with Crippen LogP contribution in [0.2, 0.25) is 5.28 Å². The van der Waals surface area contributed by atoms with Crippen LogP contribution < -0.4 is 15.4 Å². The summed E-state index contributed by atoms with van der Waals surface area (Å²) >= 11 is 5.89. The van der Waals surface area contributed by atoms with Crippen molar-refractivity contribution in [2.24, 2.45) is 0 Å². The molecule has 5 rings (SSSR count). The van der Waals surface area contributed by atoms with Gasteiger partial charge in [-0.15, -0.1) is 0 Å². The lowest BCUT2D eigenvalue weighted by atomic mass is 10.1. The van der Waals surface area contributed by atoms with E-state index in [2.05, 4.69) is 60.1 Å². The van der Waals surface area contributed by atoms with Gasteiger partial charge in [0.1, 0.15) is 11.6 Å². The van der Waals surface area contributed by atoms with Crippen LogP contribution in [-0.4, -0.2) is 50.3 Å². The number of aryl methyl sites for hydroxylation is 1. The number of ether oxygens (including phenoxy) is 1. The van der Waals surface area contributed by atoms with E-state index in [1.54, 1.807) is 22.9 Å². The third-order valence-corrected chi connectivity index (χ3v) is 7.31. The van der Waals surface area contributed by atoms with Crippen LogP contribution in [0.4, 0.5) is 16.3 Å². The molecule has 2 aromatic heterocycles. The van der Waals surface area contributed by atoms with Gasteiger partial charge in [-0.3, -0.25) is 5.32 Å². The smallest absolute Gasteiger partial charge is 0.324 e. The second-order valence-corrected chi connectivity index (χ2v) is 10.8. The third-order valence-electron chi connectivity index (χ3n) is 7.13. The highest BCUT2D eigenvalue weighted by molar-refractivity contribution is 6.28. The van der Waals surface area contributed by atoms with Crippen molar-refractivity contribution in [1.82, 2.24) is 24.6 Å². The second-order valence-electron chi connectivity index (χ2n) is 10.5. The van der Waals surface area contributed by atoms with Crippen molar-refractivity contribution in [3.63, 3.8) is 0 Å². The molecule has 5 aromatic rings. The number of aromatic nitrogens is 4. The van der Waals surface area contributed by atoms with Gasteiger partial charge in [0.2, 0.25) is 11.2 Å². The van der Waals surface area contributed by atoms with Crippen molar-refractivity contribution in [2.45, 2.75) is 62.3 Å². The van der Waals surface area contributed by atoms with Gasteiger partial charge < -0.3 is 15.0 Å². The predicted octanol–water partition coefficient (Wildman–Crippen LogP) is 9.96. The summed E-state index contributed by atoms with van der Waals surface area (Å²) in [6, 6.07) is 22.3. The number of carbonyl (C=O) groups is 1. The van der Waals surface area contributed by atoms with Gasteiger partial charge in [0.25, 0.3) is 0 Å². The van der Waals surface area contributed by atoms with E-state index in [-0.39, 0.29) is 32.1 Å². The molecule has 0 fully saturated rings. The van der Waals surface area contributed by atoms with E-state index in [4.69, 9.17) is 21.4 Å². The number of hydrogen-bond donors (Lipinski definition) is 2. The average Bonchev–Trinajstić information content (AvgIpc) is 3.44. The van der Waals surface area contributed by atoms with Crippen molar-refractivity contribution in [3.8, 4) is 17.3 Å². The number of rotatable bonds is 9. The monoisotopic (exact) mass is 645 g/mol. The molecule has 9 nitrogen and oxygen atoms in total. The fourth-order valence-electron chi connectivity index (χ4n) is 4.55. The molecule has 10 heteroatoms. The molecular formula is C36H48ClN7O2. The van der Waals surface area contributed by atoms with Crippen LogP contribution in [0.25, 0.3) is 16.5 Å². The predicted molar refractivity (Wildman–Crippen MR) is 193 cm³/mol. The maximum atomic E-state index is 13.1. The highest BCUT2D eigenvalue weighted by Crippen LogP contribution is 2.34. The largest absolute Gasteiger partial charge is 0.438 e. The Morgan fingerprint density at radius 1 is 0.913 bits per heavy atom. The Morgan fingerprint density at radius 3 is 2.15 bits per heavy atom. The van der Waals surface area contributed by atoms with E-state index in [9.17, 15) is 4.79 Å². The Kier molecular flexibility index (Phi) is 14.7. The highest BCUT2D eigenvalue weighted by Gasteiger charge is 2.16. The molecule has 0 aliphatic heterocycles. The van der Waals surface area contributed by atoms with Crippen molar-refractivity contribution in [3.05, 3.63) is 95.5 Å². The molecule has 0 atom stereocenters. The number of amides is 2. The average molecular weight is 646 g/mol. The number of nitrogens with one attached hydrogen (secondary N) is 2. The molecule has 0 aliphatic carbocycles. The summed E-state index contributed by atoms with van der Waals surface area (Å²) in [7, 11) is 0. The van der Waals surface area contributed by atoms with Crippen molar-refractivity contribution < 1.29 is 9.53 Å². The molecule has 2 amide bonds. The van der Waals surface area contributed by atoms with Gasteiger partial charge in [0.05, 0.1) is 17.1 Å². The fourth-order valence-corrected chi connectivity index (χ4v) is 4.69.